The highest BCUT2D eigenvalue weighted by Crippen LogP contribution is 2.25. The summed E-state index contributed by atoms with van der Waals surface area (Å²) in [6, 6.07) is 14.3. The summed E-state index contributed by atoms with van der Waals surface area (Å²) in [4.78, 5) is 23.9. The van der Waals surface area contributed by atoms with Crippen LogP contribution in [0.1, 0.15) is 17.3 Å². The monoisotopic (exact) mass is 445 g/mol. The Morgan fingerprint density at radius 1 is 1.07 bits per heavy atom. The van der Waals surface area contributed by atoms with Gasteiger partial charge in [-0.05, 0) is 49.4 Å². The van der Waals surface area contributed by atoms with Gasteiger partial charge in [0, 0.05) is 30.0 Å². The Bertz CT molecular complexity index is 1170. The lowest BCUT2D eigenvalue weighted by molar-refractivity contribution is -0.116. The van der Waals surface area contributed by atoms with Crippen LogP contribution in [0.3, 0.4) is 0 Å². The van der Waals surface area contributed by atoms with Crippen LogP contribution < -0.4 is 5.32 Å². The van der Waals surface area contributed by atoms with Crippen molar-refractivity contribution in [3.8, 4) is 5.69 Å². The highest BCUT2D eigenvalue weighted by Gasteiger charge is 2.23. The zero-order chi connectivity index (χ0) is 21.9. The van der Waals surface area contributed by atoms with E-state index in [0.717, 1.165) is 4.31 Å². The third-order valence-electron chi connectivity index (χ3n) is 4.45. The summed E-state index contributed by atoms with van der Waals surface area (Å²) in [6.45, 7) is 1.02. The van der Waals surface area contributed by atoms with E-state index in [4.69, 9.17) is 11.6 Å². The molecule has 0 bridgehead atoms. The fourth-order valence-corrected chi connectivity index (χ4v) is 4.13. The summed E-state index contributed by atoms with van der Waals surface area (Å²) in [7, 11) is -2.57. The predicted octanol–water partition coefficient (Wildman–Crippen LogP) is 3.59. The number of hydrogen-bond acceptors (Lipinski definition) is 4. The van der Waals surface area contributed by atoms with Crippen molar-refractivity contribution in [1.82, 2.24) is 8.87 Å². The molecule has 30 heavy (non-hydrogen) atoms. The number of amides is 1. The first-order valence-electron chi connectivity index (χ1n) is 8.98. The minimum Gasteiger partial charge on any atom is -0.323 e. The number of halogens is 1. The number of aromatic nitrogens is 1. The molecule has 156 valence electrons. The fourth-order valence-electron chi connectivity index (χ4n) is 2.84. The van der Waals surface area contributed by atoms with Gasteiger partial charge in [0.15, 0.2) is 5.78 Å². The van der Waals surface area contributed by atoms with Gasteiger partial charge >= 0.3 is 0 Å². The number of nitrogens with zero attached hydrogens (tertiary/aromatic N) is 2. The minimum absolute atomic E-state index is 0.00215. The molecule has 7 nitrogen and oxygen atoms in total. The average Bonchev–Trinajstić information content (AvgIpc) is 3.24. The first-order chi connectivity index (χ1) is 14.2. The molecule has 0 saturated heterocycles. The second-order valence-corrected chi connectivity index (χ2v) is 9.12. The molecule has 1 amide bonds. The van der Waals surface area contributed by atoms with Crippen LogP contribution in [0.5, 0.6) is 0 Å². The Morgan fingerprint density at radius 3 is 2.30 bits per heavy atom. The van der Waals surface area contributed by atoms with E-state index < -0.39 is 15.9 Å². The summed E-state index contributed by atoms with van der Waals surface area (Å²) in [6.07, 6.45) is 3.62. The molecule has 2 aromatic carbocycles. The van der Waals surface area contributed by atoms with Gasteiger partial charge in [-0.1, -0.05) is 23.7 Å². The zero-order valence-electron chi connectivity index (χ0n) is 16.4. The van der Waals surface area contributed by atoms with Gasteiger partial charge in [-0.25, -0.2) is 8.42 Å². The van der Waals surface area contributed by atoms with Crippen molar-refractivity contribution >= 4 is 39.0 Å². The Balaban J connectivity index is 1.75. The van der Waals surface area contributed by atoms with E-state index in [-0.39, 0.29) is 17.2 Å². The summed E-state index contributed by atoms with van der Waals surface area (Å²) in [5, 5.41) is 3.24. The molecule has 1 heterocycles. The maximum Gasteiger partial charge on any atom is 0.243 e. The lowest BCUT2D eigenvalue weighted by atomic mass is 10.2. The van der Waals surface area contributed by atoms with Gasteiger partial charge in [-0.3, -0.25) is 9.59 Å². The number of carbonyl (C=O) groups is 2. The molecular formula is C21H20ClN3O4S. The van der Waals surface area contributed by atoms with Gasteiger partial charge in [-0.15, -0.1) is 0 Å². The molecule has 1 N–H and O–H groups in total. The number of nitrogens with one attached hydrogen (secondary N) is 1. The van der Waals surface area contributed by atoms with Crippen LogP contribution in [0.15, 0.2) is 71.9 Å². The predicted molar refractivity (Wildman–Crippen MR) is 116 cm³/mol. The smallest absolute Gasteiger partial charge is 0.243 e. The van der Waals surface area contributed by atoms with Gasteiger partial charge in [-0.2, -0.15) is 4.31 Å². The van der Waals surface area contributed by atoms with Gasteiger partial charge in [0.1, 0.15) is 0 Å². The topological polar surface area (TPSA) is 88.5 Å². The van der Waals surface area contributed by atoms with Crippen molar-refractivity contribution in [3.05, 3.63) is 77.6 Å². The van der Waals surface area contributed by atoms with Crippen molar-refractivity contribution in [3.63, 3.8) is 0 Å². The lowest BCUT2D eigenvalue weighted by Crippen LogP contribution is -2.35. The second-order valence-electron chi connectivity index (χ2n) is 6.64. The summed E-state index contributed by atoms with van der Waals surface area (Å²) < 4.78 is 28.2. The number of hydrogen-bond donors (Lipinski definition) is 1. The van der Waals surface area contributed by atoms with Crippen LogP contribution in [0.2, 0.25) is 5.02 Å². The molecule has 0 aliphatic heterocycles. The van der Waals surface area contributed by atoms with Crippen LogP contribution in [-0.2, 0) is 14.8 Å². The number of Topliss-reactive ketones (excluding diaryl/α,β-unsaturated/α-hetero) is 1. The van der Waals surface area contributed by atoms with E-state index in [1.165, 1.54) is 38.2 Å². The first-order valence-corrected chi connectivity index (χ1v) is 10.8. The average molecular weight is 446 g/mol. The Kier molecular flexibility index (Phi) is 6.40. The van der Waals surface area contributed by atoms with Gasteiger partial charge in [0.05, 0.1) is 22.8 Å². The highest BCUT2D eigenvalue weighted by molar-refractivity contribution is 7.89. The van der Waals surface area contributed by atoms with E-state index in [9.17, 15) is 18.0 Å². The largest absolute Gasteiger partial charge is 0.323 e. The van der Waals surface area contributed by atoms with Crippen LogP contribution >= 0.6 is 11.6 Å². The first kappa shape index (κ1) is 21.8. The molecule has 0 unspecified atom stereocenters. The molecule has 0 radical (unpaired) electrons. The third-order valence-corrected chi connectivity index (χ3v) is 6.50. The molecule has 0 spiro atoms. The molecule has 3 aromatic rings. The van der Waals surface area contributed by atoms with E-state index in [2.05, 4.69) is 5.32 Å². The SMILES string of the molecule is CC(=O)c1ccc(S(=O)(=O)N(C)CC(=O)Nc2ccc(Cl)cc2-n2cccc2)cc1. The Labute approximate surface area is 179 Å². The van der Waals surface area contributed by atoms with Crippen molar-refractivity contribution in [2.24, 2.45) is 0 Å². The molecular weight excluding hydrogens is 426 g/mol. The number of likely N-dealkylation sites (N-methyl/N-ethyl adjacent to an activating group) is 1. The lowest BCUT2D eigenvalue weighted by Gasteiger charge is -2.18. The van der Waals surface area contributed by atoms with Crippen LogP contribution in [0.4, 0.5) is 5.69 Å². The third kappa shape index (κ3) is 4.79. The van der Waals surface area contributed by atoms with Crippen molar-refractivity contribution in [2.75, 3.05) is 18.9 Å². The number of anilines is 1. The van der Waals surface area contributed by atoms with Crippen molar-refractivity contribution < 1.29 is 18.0 Å². The normalized spacial score (nSPS) is 11.5. The standard InChI is InChI=1S/C21H20ClN3O4S/c1-15(26)16-5-8-18(9-6-16)30(28,29)24(2)14-21(27)23-19-10-7-17(22)13-20(19)25-11-3-4-12-25/h3-13H,14H2,1-2H3,(H,23,27). The summed E-state index contributed by atoms with van der Waals surface area (Å²) in [5.74, 6) is -0.662. The maximum absolute atomic E-state index is 12.7. The minimum atomic E-state index is -3.89. The quantitative estimate of drug-likeness (QED) is 0.563. The molecule has 0 aliphatic carbocycles. The maximum atomic E-state index is 12.7. The Hall–Kier alpha value is -2.94. The van der Waals surface area contributed by atoms with Crippen molar-refractivity contribution in [2.45, 2.75) is 11.8 Å². The summed E-state index contributed by atoms with van der Waals surface area (Å²) in [5.41, 5.74) is 1.57. The van der Waals surface area contributed by atoms with Crippen molar-refractivity contribution in [1.29, 1.82) is 0 Å². The summed E-state index contributed by atoms with van der Waals surface area (Å²) >= 11 is 6.08. The zero-order valence-corrected chi connectivity index (χ0v) is 17.9. The van der Waals surface area contributed by atoms with Gasteiger partial charge in [0.25, 0.3) is 0 Å². The molecule has 0 fully saturated rings. The van der Waals surface area contributed by atoms with Gasteiger partial charge in [0.2, 0.25) is 15.9 Å². The van der Waals surface area contributed by atoms with Crippen LogP contribution in [0.25, 0.3) is 5.69 Å². The molecule has 0 aliphatic rings. The number of benzene rings is 2. The second kappa shape index (κ2) is 8.83. The van der Waals surface area contributed by atoms with Gasteiger partial charge < -0.3 is 9.88 Å². The highest BCUT2D eigenvalue weighted by atomic mass is 35.5. The van der Waals surface area contributed by atoms with E-state index in [1.807, 2.05) is 24.5 Å². The van der Waals surface area contributed by atoms with E-state index in [0.29, 0.717) is 22.0 Å². The van der Waals surface area contributed by atoms with Crippen LogP contribution in [0, 0.1) is 0 Å². The number of sulfonamides is 1. The number of ketones is 1. The van der Waals surface area contributed by atoms with E-state index >= 15 is 0 Å². The molecule has 9 heteroatoms. The molecule has 1 aromatic heterocycles. The van der Waals surface area contributed by atoms with Crippen LogP contribution in [-0.4, -0.2) is 42.6 Å². The number of rotatable bonds is 7. The molecule has 3 rings (SSSR count). The Morgan fingerprint density at radius 2 is 1.70 bits per heavy atom. The molecule has 0 atom stereocenters. The molecule has 0 saturated carbocycles. The number of carbonyl (C=O) groups excluding carboxylic acids is 2. The fraction of sp³-hybridized carbons (Fsp3) is 0.143. The van der Waals surface area contributed by atoms with E-state index in [1.54, 1.807) is 22.8 Å².